The molecule has 0 radical (unpaired) electrons. The zero-order valence-corrected chi connectivity index (χ0v) is 69.5. The molecule has 658 valence electrons. The number of carbonyl (C=O) groups excluding carboxylic acids is 7. The van der Waals surface area contributed by atoms with Gasteiger partial charge in [-0.3, -0.25) is 19.3 Å². The van der Waals surface area contributed by atoms with Gasteiger partial charge in [0.1, 0.15) is 95.1 Å². The Bertz CT molecular complexity index is 4650. The lowest BCUT2D eigenvalue weighted by Crippen LogP contribution is -3.10. The predicted molar refractivity (Wildman–Crippen MR) is 417 cm³/mol. The lowest BCUT2D eigenvalue weighted by Gasteiger charge is -2.29. The molecule has 29 nitrogen and oxygen atoms in total. The predicted octanol–water partition coefficient (Wildman–Crippen LogP) is 3.42. The highest BCUT2D eigenvalue weighted by atomic mass is 32.2. The number of halogens is 9. The zero-order chi connectivity index (χ0) is 88.6. The second-order valence-corrected chi connectivity index (χ2v) is 32.3. The van der Waals surface area contributed by atoms with E-state index in [-0.39, 0.29) is 60.2 Å². The molecular weight excluding hydrogens is 1640 g/mol. The number of carbonyl (C=O) groups is 7. The molecule has 4 aliphatic rings. The van der Waals surface area contributed by atoms with Gasteiger partial charge in [0.2, 0.25) is 39.4 Å². The minimum absolute atomic E-state index is 0.00962. The van der Waals surface area contributed by atoms with Gasteiger partial charge in [-0.25, -0.2) is 45.5 Å². The first-order valence-corrected chi connectivity index (χ1v) is 42.6. The number of aromatic nitrogens is 2. The van der Waals surface area contributed by atoms with Crippen LogP contribution in [0.5, 0.6) is 0 Å². The van der Waals surface area contributed by atoms with Crippen molar-refractivity contribution in [1.82, 2.24) is 40.4 Å². The van der Waals surface area contributed by atoms with Gasteiger partial charge in [0, 0.05) is 103 Å². The summed E-state index contributed by atoms with van der Waals surface area (Å²) in [7, 11) is -3.48. The van der Waals surface area contributed by atoms with Crippen molar-refractivity contribution in [1.29, 1.82) is 5.41 Å². The number of quaternary nitrogens is 2. The quantitative estimate of drug-likeness (QED) is 0.00881. The molecular formula is C78H104F9N13O16S3. The lowest BCUT2D eigenvalue weighted by atomic mass is 9.93. The van der Waals surface area contributed by atoms with Crippen LogP contribution in [-0.4, -0.2) is 182 Å². The van der Waals surface area contributed by atoms with Crippen molar-refractivity contribution in [3.63, 3.8) is 0 Å². The molecule has 0 bridgehead atoms. The van der Waals surface area contributed by atoms with Gasteiger partial charge < -0.3 is 75.1 Å². The summed E-state index contributed by atoms with van der Waals surface area (Å²) in [5.74, 6) is -9.63. The molecule has 3 aliphatic heterocycles. The molecule has 41 heteroatoms. The Morgan fingerprint density at radius 1 is 0.681 bits per heavy atom. The molecule has 3 atom stereocenters. The van der Waals surface area contributed by atoms with Crippen molar-refractivity contribution in [2.24, 2.45) is 7.05 Å². The molecule has 0 saturated carbocycles. The summed E-state index contributed by atoms with van der Waals surface area (Å²) in [6.45, 7) is 14.8. The number of hydrogen-bond acceptors (Lipinski definition) is 19. The van der Waals surface area contributed by atoms with E-state index in [1.54, 1.807) is 5.41 Å². The van der Waals surface area contributed by atoms with Gasteiger partial charge >= 0.3 is 24.6 Å². The van der Waals surface area contributed by atoms with Crippen LogP contribution in [0.15, 0.2) is 123 Å². The number of urea groups is 1. The summed E-state index contributed by atoms with van der Waals surface area (Å²) < 4.78 is 177. The normalized spacial score (nSPS) is 15.5. The number of piperidine rings is 1. The third-order valence-electron chi connectivity index (χ3n) is 19.5. The molecule has 8 rings (SSSR count). The smallest absolute Gasteiger partial charge is 0.430 e. The summed E-state index contributed by atoms with van der Waals surface area (Å²) in [5, 5.41) is 53.3. The molecule has 3 aromatic carbocycles. The van der Waals surface area contributed by atoms with Crippen LogP contribution in [0.3, 0.4) is 0 Å². The number of carboxylic acids is 3. The fourth-order valence-electron chi connectivity index (χ4n) is 13.0. The fourth-order valence-corrected chi connectivity index (χ4v) is 15.7. The molecule has 4 aromatic rings. The third-order valence-corrected chi connectivity index (χ3v) is 22.8. The number of amidine groups is 1. The van der Waals surface area contributed by atoms with Crippen molar-refractivity contribution in [3.05, 3.63) is 125 Å². The number of aryl methyl sites for hydroxylation is 1. The van der Waals surface area contributed by atoms with Crippen molar-refractivity contribution < 1.29 is 129 Å². The monoisotopic (exact) mass is 1750 g/mol. The molecule has 1 saturated heterocycles. The molecule has 1 fully saturated rings. The van der Waals surface area contributed by atoms with Gasteiger partial charge in [-0.05, 0) is 107 Å². The molecule has 1 unspecified atom stereocenters. The van der Waals surface area contributed by atoms with E-state index in [4.69, 9.17) is 39.5 Å². The van der Waals surface area contributed by atoms with E-state index in [9.17, 15) is 80.1 Å². The number of aliphatic carboxylic acids is 3. The number of anilines is 1. The number of hydrogen-bond donors (Lipinski definition) is 9. The molecule has 9 N–H and O–H groups in total. The molecule has 119 heavy (non-hydrogen) atoms. The van der Waals surface area contributed by atoms with Gasteiger partial charge in [-0.15, -0.1) is 0 Å². The minimum Gasteiger partial charge on any atom is -0.744 e. The van der Waals surface area contributed by atoms with E-state index in [1.807, 2.05) is 85.8 Å². The fraction of sp³-hybridized carbons (Fsp3) is 0.513. The van der Waals surface area contributed by atoms with Crippen molar-refractivity contribution >= 4 is 95.4 Å². The van der Waals surface area contributed by atoms with Crippen LogP contribution in [0, 0.1) is 5.41 Å². The summed E-state index contributed by atoms with van der Waals surface area (Å²) in [6, 6.07) is 23.1. The van der Waals surface area contributed by atoms with E-state index >= 15 is 0 Å². The second kappa shape index (κ2) is 47.4. The van der Waals surface area contributed by atoms with Crippen LogP contribution < -0.4 is 75.8 Å². The Kier molecular flexibility index (Phi) is 39.7. The van der Waals surface area contributed by atoms with Gasteiger partial charge in [0.05, 0.1) is 50.1 Å². The van der Waals surface area contributed by atoms with Crippen molar-refractivity contribution in [2.45, 2.75) is 190 Å². The van der Waals surface area contributed by atoms with E-state index in [0.29, 0.717) is 71.9 Å². The number of alkyl halides is 9. The number of carboxylic acid groups (broad SMARTS) is 3. The molecule has 1 aliphatic carbocycles. The first-order valence-electron chi connectivity index (χ1n) is 38.8. The maximum atomic E-state index is 14.4. The Morgan fingerprint density at radius 3 is 1.74 bits per heavy atom. The Hall–Kier alpha value is -9.68. The lowest BCUT2D eigenvalue weighted by molar-refractivity contribution is -0.884. The first kappa shape index (κ1) is 99.9. The van der Waals surface area contributed by atoms with Gasteiger partial charge in [-0.2, -0.15) is 39.5 Å². The average molecular weight is 1750 g/mol. The number of nitrogens with zero attached hydrogens (tertiary/aromatic N) is 4. The number of amides is 5. The maximum absolute atomic E-state index is 14.4. The Morgan fingerprint density at radius 2 is 1.22 bits per heavy atom. The highest BCUT2D eigenvalue weighted by Gasteiger charge is 2.35. The van der Waals surface area contributed by atoms with Gasteiger partial charge in [-0.1, -0.05) is 87.8 Å². The number of benzene rings is 4. The number of likely N-dealkylation sites (tertiary alicyclic amines) is 1. The summed E-state index contributed by atoms with van der Waals surface area (Å²) >= 11 is 1.25. The van der Waals surface area contributed by atoms with E-state index in [0.717, 1.165) is 149 Å². The van der Waals surface area contributed by atoms with Gasteiger partial charge in [0.25, 0.3) is 5.17 Å². The van der Waals surface area contributed by atoms with Crippen LogP contribution in [0.4, 0.5) is 50.0 Å². The summed E-state index contributed by atoms with van der Waals surface area (Å²) in [5.41, 5.74) is 5.25. The summed E-state index contributed by atoms with van der Waals surface area (Å²) in [6.07, 6.45) is 0.892. The number of thioether (sulfide) groups is 1. The molecule has 1 aromatic heterocycles. The molecule has 0 spiro atoms. The number of rotatable bonds is 38. The number of nitrogens with one attached hydrogen (secondary N) is 9. The maximum Gasteiger partial charge on any atom is 0.430 e. The second-order valence-electron chi connectivity index (χ2n) is 28.3. The molecule has 4 heterocycles. The van der Waals surface area contributed by atoms with E-state index in [1.165, 1.54) is 28.8 Å². The SMILES string of the molecule is CCN(CC)c1ccc2c(-c3ccc(S(=O)(=O)NCCCCCCCCCCCCNC(=O)NCCCC[C@H](NC(=O)CC4=CSC(=N)[NH+]4C)C(=O)N[C@@H](Cc4c[n+](Cc5ccccc5)cn4C)C(=O)NC4CC[NH+](C)CC4)cc3S(=O)(=O)[O-])c3ccc(=[N+](CC)CC)cc-3oc2c1.O=C([O-])C(F)(F)F.O=C([O-])C(F)(F)F.O=C([O-])C(F)(F)F. The molecule has 5 amide bonds. The Labute approximate surface area is 688 Å². The third kappa shape index (κ3) is 33.1. The number of imidazole rings is 1. The number of sulfonamides is 1. The van der Waals surface area contributed by atoms with E-state index in [2.05, 4.69) is 92.2 Å². The van der Waals surface area contributed by atoms with Crippen molar-refractivity contribution in [3.8, 4) is 22.5 Å². The minimum atomic E-state index is -5.19. The number of unbranched alkanes of at least 4 members (excludes halogenated alkanes) is 10. The highest BCUT2D eigenvalue weighted by Crippen LogP contribution is 2.44. The first-order chi connectivity index (χ1) is 55.9. The van der Waals surface area contributed by atoms with Gasteiger partial charge in [0.15, 0.2) is 0 Å². The zero-order valence-electron chi connectivity index (χ0n) is 67.1. The average Bonchev–Trinajstić information content (AvgIpc) is 0.927. The van der Waals surface area contributed by atoms with E-state index < -0.39 is 79.5 Å². The van der Waals surface area contributed by atoms with Crippen molar-refractivity contribution in [2.75, 3.05) is 77.9 Å². The van der Waals surface area contributed by atoms with Crippen LogP contribution in [0.25, 0.3) is 33.4 Å². The van der Waals surface area contributed by atoms with Crippen LogP contribution in [-0.2, 0) is 68.9 Å². The topological polar surface area (TPSA) is 413 Å². The van der Waals surface area contributed by atoms with Crippen LogP contribution in [0.1, 0.15) is 142 Å². The highest BCUT2D eigenvalue weighted by molar-refractivity contribution is 8.16. The standard InChI is InChI=1S/C72H101N13O10S3.3C2HF3O2/c1-8-84(9-2)54-30-33-59-64(44-54)95-65-45-55(85(10-3)11-4)31-34-60(65)68(59)61-35-32-58(47-66(61)98(92,93)94)97(90,91)76-40-25-19-17-15-13-12-14-16-18-24-38-74-72(89)75-39-26-23-29-62(78-67(86)46-57-50-96-71(73)82(57)7)69(87)79-63(70(88)77-53-36-41-80(5)42-37-53)43-56-49-83(51-81(56)6)48-52-27-21-20-22-28-52;3*3-2(4,5)1(6)7/h20-22,27-28,30-35,44-45,47,49-51,53,62-63,73,76H,8-19,23-26,29,36-43,46,48H2,1-7H3,(H4-2,74,75,77,78,79,86,87,88,89,92,93,94);3*(H,6,7)/t62-,63-;;;/m0.../s1. The number of fused-ring (bicyclic) bond motifs is 2. The van der Waals surface area contributed by atoms with Crippen LogP contribution >= 0.6 is 11.8 Å². The summed E-state index contributed by atoms with van der Waals surface area (Å²) in [4.78, 5) is 84.7. The van der Waals surface area contributed by atoms with Crippen LogP contribution in [0.2, 0.25) is 0 Å². The Balaban J connectivity index is 0.00000106. The largest absolute Gasteiger partial charge is 0.744 e.